The summed E-state index contributed by atoms with van der Waals surface area (Å²) in [4.78, 5) is 9.06. The number of allylic oxidation sites excluding steroid dienone is 1. The number of hydrogen-bond donors (Lipinski definition) is 1. The molecule has 1 unspecified atom stereocenters. The second-order valence-corrected chi connectivity index (χ2v) is 7.91. The standard InChI is InChI=1S/C27H25F2N3/c1-4-17(2)20-5-7-21(8-6-20)18(3)32-27-26-22(10-12-31-27)9-11-30-25(26)15-19-13-23(28)16-24(29)14-19/h5-14,16,18H,2,4,15H2,1,3H3,(H,31,32). The van der Waals surface area contributed by atoms with Crippen molar-refractivity contribution in [2.75, 3.05) is 5.32 Å². The molecule has 1 N–H and O–H groups in total. The summed E-state index contributed by atoms with van der Waals surface area (Å²) in [5.41, 5.74) is 4.61. The fourth-order valence-corrected chi connectivity index (χ4v) is 3.84. The molecule has 0 spiro atoms. The van der Waals surface area contributed by atoms with Gasteiger partial charge in [-0.2, -0.15) is 0 Å². The molecule has 0 aliphatic heterocycles. The average molecular weight is 430 g/mol. The average Bonchev–Trinajstić information content (AvgIpc) is 2.78. The van der Waals surface area contributed by atoms with Gasteiger partial charge in [-0.3, -0.25) is 4.98 Å². The molecule has 5 heteroatoms. The van der Waals surface area contributed by atoms with E-state index in [1.165, 1.54) is 12.1 Å². The van der Waals surface area contributed by atoms with Gasteiger partial charge in [0.05, 0.1) is 5.69 Å². The van der Waals surface area contributed by atoms with Crippen molar-refractivity contribution in [3.05, 3.63) is 108 Å². The van der Waals surface area contributed by atoms with E-state index in [2.05, 4.69) is 60.0 Å². The number of anilines is 1. The predicted molar refractivity (Wildman–Crippen MR) is 127 cm³/mol. The van der Waals surface area contributed by atoms with Gasteiger partial charge in [0, 0.05) is 36.3 Å². The Morgan fingerprint density at radius 1 is 0.969 bits per heavy atom. The summed E-state index contributed by atoms with van der Waals surface area (Å²) in [6.07, 6.45) is 4.67. The summed E-state index contributed by atoms with van der Waals surface area (Å²) < 4.78 is 27.4. The quantitative estimate of drug-likeness (QED) is 0.341. The van der Waals surface area contributed by atoms with Crippen molar-refractivity contribution < 1.29 is 8.78 Å². The van der Waals surface area contributed by atoms with E-state index in [1.54, 1.807) is 12.4 Å². The molecule has 0 aliphatic carbocycles. The van der Waals surface area contributed by atoms with Crippen LogP contribution in [0.15, 0.2) is 73.6 Å². The molecule has 4 aromatic rings. The topological polar surface area (TPSA) is 37.8 Å². The van der Waals surface area contributed by atoms with Crippen LogP contribution in [0.4, 0.5) is 14.6 Å². The fraction of sp³-hybridized carbons (Fsp3) is 0.185. The van der Waals surface area contributed by atoms with Crippen molar-refractivity contribution in [1.82, 2.24) is 9.97 Å². The maximum Gasteiger partial charge on any atom is 0.136 e. The van der Waals surface area contributed by atoms with E-state index >= 15 is 0 Å². The van der Waals surface area contributed by atoms with Crippen LogP contribution in [0, 0.1) is 11.6 Å². The van der Waals surface area contributed by atoms with Crippen molar-refractivity contribution >= 4 is 22.2 Å². The monoisotopic (exact) mass is 429 g/mol. The highest BCUT2D eigenvalue weighted by molar-refractivity contribution is 5.93. The molecule has 162 valence electrons. The van der Waals surface area contributed by atoms with Crippen LogP contribution in [0.2, 0.25) is 0 Å². The number of hydrogen-bond acceptors (Lipinski definition) is 3. The van der Waals surface area contributed by atoms with Gasteiger partial charge in [-0.1, -0.05) is 37.8 Å². The number of halogens is 2. The first-order valence-corrected chi connectivity index (χ1v) is 10.7. The summed E-state index contributed by atoms with van der Waals surface area (Å²) in [6, 6.07) is 15.7. The lowest BCUT2D eigenvalue weighted by atomic mass is 10.0. The number of fused-ring (bicyclic) bond motifs is 1. The predicted octanol–water partition coefficient (Wildman–Crippen LogP) is 7.10. The molecule has 32 heavy (non-hydrogen) atoms. The smallest absolute Gasteiger partial charge is 0.136 e. The lowest BCUT2D eigenvalue weighted by Gasteiger charge is -2.18. The normalized spacial score (nSPS) is 12.0. The molecule has 0 amide bonds. The minimum Gasteiger partial charge on any atom is -0.363 e. The Morgan fingerprint density at radius 2 is 1.62 bits per heavy atom. The molecule has 0 radical (unpaired) electrons. The maximum absolute atomic E-state index is 13.7. The minimum absolute atomic E-state index is 0.00304. The lowest BCUT2D eigenvalue weighted by molar-refractivity contribution is 0.580. The molecule has 2 aromatic heterocycles. The van der Waals surface area contributed by atoms with Crippen molar-refractivity contribution in [2.45, 2.75) is 32.7 Å². The summed E-state index contributed by atoms with van der Waals surface area (Å²) in [5, 5.41) is 5.30. The number of benzene rings is 2. The first-order chi connectivity index (χ1) is 15.4. The van der Waals surface area contributed by atoms with Crippen LogP contribution in [0.1, 0.15) is 48.7 Å². The maximum atomic E-state index is 13.7. The van der Waals surface area contributed by atoms with Crippen molar-refractivity contribution in [3.63, 3.8) is 0 Å². The summed E-state index contributed by atoms with van der Waals surface area (Å²) in [5.74, 6) is -0.504. The Hall–Kier alpha value is -3.60. The van der Waals surface area contributed by atoms with Gasteiger partial charge in [-0.25, -0.2) is 13.8 Å². The Balaban J connectivity index is 1.66. The summed E-state index contributed by atoms with van der Waals surface area (Å²) in [6.45, 7) is 8.26. The summed E-state index contributed by atoms with van der Waals surface area (Å²) >= 11 is 0. The molecule has 0 bridgehead atoms. The van der Waals surface area contributed by atoms with Gasteiger partial charge in [0.2, 0.25) is 0 Å². The molecule has 2 heterocycles. The third-order valence-electron chi connectivity index (χ3n) is 5.65. The summed E-state index contributed by atoms with van der Waals surface area (Å²) in [7, 11) is 0. The molecule has 0 saturated carbocycles. The zero-order valence-electron chi connectivity index (χ0n) is 18.2. The van der Waals surface area contributed by atoms with Gasteiger partial charge < -0.3 is 5.32 Å². The molecular formula is C27H25F2N3. The minimum atomic E-state index is -0.598. The molecule has 3 nitrogen and oxygen atoms in total. The largest absolute Gasteiger partial charge is 0.363 e. The Morgan fingerprint density at radius 3 is 2.28 bits per heavy atom. The van der Waals surface area contributed by atoms with Gasteiger partial charge in [-0.15, -0.1) is 0 Å². The van der Waals surface area contributed by atoms with Crippen LogP contribution in [-0.4, -0.2) is 9.97 Å². The number of aromatic nitrogens is 2. The van der Waals surface area contributed by atoms with Gasteiger partial charge in [0.15, 0.2) is 0 Å². The Kier molecular flexibility index (Phi) is 6.26. The van der Waals surface area contributed by atoms with Gasteiger partial charge in [0.1, 0.15) is 17.5 Å². The number of pyridine rings is 2. The number of rotatable bonds is 7. The second-order valence-electron chi connectivity index (χ2n) is 7.91. The number of nitrogens with one attached hydrogen (secondary N) is 1. The van der Waals surface area contributed by atoms with Crippen molar-refractivity contribution in [2.24, 2.45) is 0 Å². The number of nitrogens with zero attached hydrogens (tertiary/aromatic N) is 2. The molecular weight excluding hydrogens is 404 g/mol. The highest BCUT2D eigenvalue weighted by Gasteiger charge is 2.14. The third-order valence-corrected chi connectivity index (χ3v) is 5.65. The Bertz CT molecular complexity index is 1240. The first-order valence-electron chi connectivity index (χ1n) is 10.7. The van der Waals surface area contributed by atoms with E-state index in [0.29, 0.717) is 23.5 Å². The van der Waals surface area contributed by atoms with Crippen LogP contribution in [0.5, 0.6) is 0 Å². The van der Waals surface area contributed by atoms with Crippen LogP contribution in [0.3, 0.4) is 0 Å². The fourth-order valence-electron chi connectivity index (χ4n) is 3.84. The second kappa shape index (κ2) is 9.27. The first kappa shape index (κ1) is 21.6. The SMILES string of the molecule is C=C(CC)c1ccc(C(C)Nc2nccc3ccnc(Cc4cc(F)cc(F)c4)c23)cc1. The zero-order chi connectivity index (χ0) is 22.7. The van der Waals surface area contributed by atoms with Gasteiger partial charge >= 0.3 is 0 Å². The van der Waals surface area contributed by atoms with E-state index in [0.717, 1.165) is 40.0 Å². The van der Waals surface area contributed by atoms with Crippen molar-refractivity contribution in [3.8, 4) is 0 Å². The third kappa shape index (κ3) is 4.67. The van der Waals surface area contributed by atoms with Crippen LogP contribution >= 0.6 is 0 Å². The van der Waals surface area contributed by atoms with E-state index in [-0.39, 0.29) is 6.04 Å². The van der Waals surface area contributed by atoms with Crippen LogP contribution < -0.4 is 5.32 Å². The lowest BCUT2D eigenvalue weighted by Crippen LogP contribution is -2.09. The zero-order valence-corrected chi connectivity index (χ0v) is 18.2. The molecule has 4 rings (SSSR count). The van der Waals surface area contributed by atoms with E-state index in [4.69, 9.17) is 0 Å². The highest BCUT2D eigenvalue weighted by atomic mass is 19.1. The molecule has 2 aromatic carbocycles. The van der Waals surface area contributed by atoms with Crippen LogP contribution in [-0.2, 0) is 6.42 Å². The van der Waals surface area contributed by atoms with E-state index in [9.17, 15) is 8.78 Å². The van der Waals surface area contributed by atoms with Gasteiger partial charge in [0.25, 0.3) is 0 Å². The molecule has 0 saturated heterocycles. The van der Waals surface area contributed by atoms with Crippen LogP contribution in [0.25, 0.3) is 16.3 Å². The Labute approximate surface area is 186 Å². The van der Waals surface area contributed by atoms with E-state index in [1.807, 2.05) is 12.1 Å². The van der Waals surface area contributed by atoms with Gasteiger partial charge in [-0.05, 0) is 65.3 Å². The van der Waals surface area contributed by atoms with Crippen molar-refractivity contribution in [1.29, 1.82) is 0 Å². The van der Waals surface area contributed by atoms with E-state index < -0.39 is 11.6 Å². The molecule has 0 fully saturated rings. The molecule has 0 aliphatic rings. The highest BCUT2D eigenvalue weighted by Crippen LogP contribution is 2.29. The molecule has 1 atom stereocenters.